The molecule has 0 radical (unpaired) electrons. The minimum atomic E-state index is -0.375. The number of fused-ring (bicyclic) bond motifs is 1. The summed E-state index contributed by atoms with van der Waals surface area (Å²) < 4.78 is 4.97. The highest BCUT2D eigenvalue weighted by Crippen LogP contribution is 2.35. The van der Waals surface area contributed by atoms with E-state index in [-0.39, 0.29) is 12.6 Å². The largest absolute Gasteiger partial charge is 0.449 e. The predicted molar refractivity (Wildman–Crippen MR) is 69.1 cm³/mol. The Balaban J connectivity index is 2.30. The Labute approximate surface area is 105 Å². The molecular formula is C13H15NO2S. The first-order chi connectivity index (χ1) is 8.24. The summed E-state index contributed by atoms with van der Waals surface area (Å²) >= 11 is 1.52. The molecule has 1 heterocycles. The minimum absolute atomic E-state index is 0.00287. The lowest BCUT2D eigenvalue weighted by Gasteiger charge is -2.04. The van der Waals surface area contributed by atoms with Gasteiger partial charge in [-0.2, -0.15) is 0 Å². The standard InChI is InChI=1S/C13H15NO2S/c1-2-8-16-13(15)11-9-6-4-3-5-7-10(9)17-12(11)14/h1H,3-8,14H2. The normalized spacial score (nSPS) is 14.5. The third-order valence-corrected chi connectivity index (χ3v) is 4.06. The lowest BCUT2D eigenvalue weighted by molar-refractivity contribution is 0.0557. The molecular weight excluding hydrogens is 234 g/mol. The summed E-state index contributed by atoms with van der Waals surface area (Å²) in [5.41, 5.74) is 7.56. The van der Waals surface area contributed by atoms with Crippen LogP contribution in [-0.2, 0) is 17.6 Å². The van der Waals surface area contributed by atoms with Crippen molar-refractivity contribution in [2.75, 3.05) is 12.3 Å². The molecule has 2 N–H and O–H groups in total. The number of ether oxygens (including phenoxy) is 1. The molecule has 0 aliphatic heterocycles. The van der Waals surface area contributed by atoms with Crippen molar-refractivity contribution in [1.29, 1.82) is 0 Å². The van der Waals surface area contributed by atoms with Gasteiger partial charge in [0.2, 0.25) is 0 Å². The van der Waals surface area contributed by atoms with Gasteiger partial charge >= 0.3 is 5.97 Å². The molecule has 0 unspecified atom stereocenters. The summed E-state index contributed by atoms with van der Waals surface area (Å²) in [4.78, 5) is 13.1. The third kappa shape index (κ3) is 2.45. The Bertz CT molecular complexity index is 470. The lowest BCUT2D eigenvalue weighted by atomic mass is 10.1. The number of anilines is 1. The van der Waals surface area contributed by atoms with Gasteiger partial charge in [0, 0.05) is 4.88 Å². The van der Waals surface area contributed by atoms with Crippen molar-refractivity contribution in [2.45, 2.75) is 32.1 Å². The first-order valence-corrected chi connectivity index (χ1v) is 6.56. The summed E-state index contributed by atoms with van der Waals surface area (Å²) in [5.74, 6) is 1.92. The quantitative estimate of drug-likeness (QED) is 0.497. The van der Waals surface area contributed by atoms with Crippen LogP contribution in [0.2, 0.25) is 0 Å². The number of carbonyl (C=O) groups excluding carboxylic acids is 1. The summed E-state index contributed by atoms with van der Waals surface area (Å²) in [6.45, 7) is 0.00287. The van der Waals surface area contributed by atoms with Crippen LogP contribution in [-0.4, -0.2) is 12.6 Å². The summed E-state index contributed by atoms with van der Waals surface area (Å²) in [5, 5.41) is 0.568. The molecule has 1 aromatic rings. The van der Waals surface area contributed by atoms with Crippen molar-refractivity contribution in [3.05, 3.63) is 16.0 Å². The molecule has 17 heavy (non-hydrogen) atoms. The molecule has 1 aromatic heterocycles. The highest BCUT2D eigenvalue weighted by Gasteiger charge is 2.24. The van der Waals surface area contributed by atoms with Gasteiger partial charge in [-0.05, 0) is 31.2 Å². The monoisotopic (exact) mass is 249 g/mol. The molecule has 3 nitrogen and oxygen atoms in total. The van der Waals surface area contributed by atoms with Crippen LogP contribution in [0.5, 0.6) is 0 Å². The molecule has 1 aliphatic rings. The summed E-state index contributed by atoms with van der Waals surface area (Å²) in [6, 6.07) is 0. The molecule has 0 saturated heterocycles. The molecule has 2 rings (SSSR count). The molecule has 1 aliphatic carbocycles. The average Bonchev–Trinajstić information content (AvgIpc) is 2.49. The van der Waals surface area contributed by atoms with Crippen LogP contribution in [0.3, 0.4) is 0 Å². The van der Waals surface area contributed by atoms with Crippen LogP contribution in [0.4, 0.5) is 5.00 Å². The van der Waals surface area contributed by atoms with E-state index < -0.39 is 0 Å². The predicted octanol–water partition coefficient (Wildman–Crippen LogP) is 2.39. The van der Waals surface area contributed by atoms with Crippen LogP contribution in [0.25, 0.3) is 0 Å². The van der Waals surface area contributed by atoms with E-state index in [1.54, 1.807) is 0 Å². The smallest absolute Gasteiger partial charge is 0.342 e. The fourth-order valence-corrected chi connectivity index (χ4v) is 3.31. The number of nitrogen functional groups attached to an aromatic ring is 1. The fraction of sp³-hybridized carbons (Fsp3) is 0.462. The molecule has 0 spiro atoms. The molecule has 0 atom stereocenters. The Morgan fingerprint density at radius 2 is 2.18 bits per heavy atom. The fourth-order valence-electron chi connectivity index (χ4n) is 2.17. The molecule has 0 fully saturated rings. The van der Waals surface area contributed by atoms with Crippen molar-refractivity contribution in [1.82, 2.24) is 0 Å². The highest BCUT2D eigenvalue weighted by atomic mass is 32.1. The van der Waals surface area contributed by atoms with Gasteiger partial charge < -0.3 is 10.5 Å². The van der Waals surface area contributed by atoms with Crippen molar-refractivity contribution in [3.8, 4) is 12.3 Å². The SMILES string of the molecule is C#CCOC(=O)c1c(N)sc2c1CCCCC2. The molecule has 0 saturated carbocycles. The van der Waals surface area contributed by atoms with E-state index in [0.717, 1.165) is 24.8 Å². The van der Waals surface area contributed by atoms with Gasteiger partial charge in [-0.25, -0.2) is 4.79 Å². The number of aryl methyl sites for hydroxylation is 1. The van der Waals surface area contributed by atoms with E-state index in [9.17, 15) is 4.79 Å². The second-order valence-electron chi connectivity index (χ2n) is 4.08. The van der Waals surface area contributed by atoms with Crippen LogP contribution in [0.15, 0.2) is 0 Å². The Hall–Kier alpha value is -1.47. The molecule has 4 heteroatoms. The molecule has 0 aromatic carbocycles. The number of nitrogens with two attached hydrogens (primary N) is 1. The lowest BCUT2D eigenvalue weighted by Crippen LogP contribution is -2.09. The van der Waals surface area contributed by atoms with Gasteiger partial charge in [0.1, 0.15) is 5.00 Å². The second kappa shape index (κ2) is 5.24. The second-order valence-corrected chi connectivity index (χ2v) is 5.22. The van der Waals surface area contributed by atoms with Crippen LogP contribution in [0, 0.1) is 12.3 Å². The van der Waals surface area contributed by atoms with Gasteiger partial charge in [0.05, 0.1) is 5.56 Å². The van der Waals surface area contributed by atoms with E-state index in [1.165, 1.54) is 29.1 Å². The van der Waals surface area contributed by atoms with Crippen LogP contribution in [0.1, 0.15) is 40.1 Å². The Morgan fingerprint density at radius 1 is 1.41 bits per heavy atom. The maximum absolute atomic E-state index is 11.9. The summed E-state index contributed by atoms with van der Waals surface area (Å²) in [7, 11) is 0. The number of terminal acetylenes is 1. The summed E-state index contributed by atoms with van der Waals surface area (Å²) in [6.07, 6.45) is 10.5. The number of esters is 1. The van der Waals surface area contributed by atoms with Crippen molar-refractivity contribution in [2.24, 2.45) is 0 Å². The maximum Gasteiger partial charge on any atom is 0.342 e. The number of hydrogen-bond donors (Lipinski definition) is 1. The zero-order valence-corrected chi connectivity index (χ0v) is 10.4. The number of rotatable bonds is 2. The topological polar surface area (TPSA) is 52.3 Å². The van der Waals surface area contributed by atoms with Crippen molar-refractivity contribution < 1.29 is 9.53 Å². The van der Waals surface area contributed by atoms with E-state index in [2.05, 4.69) is 5.92 Å². The van der Waals surface area contributed by atoms with Crippen LogP contribution >= 0.6 is 11.3 Å². The van der Waals surface area contributed by atoms with E-state index >= 15 is 0 Å². The van der Waals surface area contributed by atoms with E-state index in [0.29, 0.717) is 10.6 Å². The zero-order chi connectivity index (χ0) is 12.3. The number of carbonyl (C=O) groups is 1. The molecule has 0 amide bonds. The van der Waals surface area contributed by atoms with Gasteiger partial charge in [0.15, 0.2) is 6.61 Å². The van der Waals surface area contributed by atoms with E-state index in [1.807, 2.05) is 0 Å². The molecule has 0 bridgehead atoms. The van der Waals surface area contributed by atoms with Crippen molar-refractivity contribution in [3.63, 3.8) is 0 Å². The molecule has 90 valence electrons. The van der Waals surface area contributed by atoms with Gasteiger partial charge in [-0.1, -0.05) is 12.3 Å². The first-order valence-electron chi connectivity index (χ1n) is 5.74. The first kappa shape index (κ1) is 12.0. The van der Waals surface area contributed by atoms with Crippen LogP contribution < -0.4 is 5.73 Å². The van der Waals surface area contributed by atoms with Gasteiger partial charge in [0.25, 0.3) is 0 Å². The Kier molecular flexibility index (Phi) is 3.70. The van der Waals surface area contributed by atoms with Crippen molar-refractivity contribution >= 4 is 22.3 Å². The minimum Gasteiger partial charge on any atom is -0.449 e. The van der Waals surface area contributed by atoms with Gasteiger partial charge in [-0.15, -0.1) is 17.8 Å². The van der Waals surface area contributed by atoms with E-state index in [4.69, 9.17) is 16.9 Å². The van der Waals surface area contributed by atoms with Gasteiger partial charge in [-0.3, -0.25) is 0 Å². The average molecular weight is 249 g/mol. The highest BCUT2D eigenvalue weighted by molar-refractivity contribution is 7.16. The third-order valence-electron chi connectivity index (χ3n) is 2.94. The zero-order valence-electron chi connectivity index (χ0n) is 9.62. The number of thiophene rings is 1. The Morgan fingerprint density at radius 3 is 2.94 bits per heavy atom. The maximum atomic E-state index is 11.9. The number of hydrogen-bond acceptors (Lipinski definition) is 4.